The van der Waals surface area contributed by atoms with Gasteiger partial charge in [-0.3, -0.25) is 0 Å². The summed E-state index contributed by atoms with van der Waals surface area (Å²) in [4.78, 5) is 11.7. The van der Waals surface area contributed by atoms with E-state index in [0.29, 0.717) is 0 Å². The molecule has 0 heterocycles. The zero-order valence-electron chi connectivity index (χ0n) is 11.9. The first kappa shape index (κ1) is 15.9. The van der Waals surface area contributed by atoms with E-state index in [9.17, 15) is 13.2 Å². The van der Waals surface area contributed by atoms with Crippen LogP contribution in [0.3, 0.4) is 0 Å². The van der Waals surface area contributed by atoms with E-state index in [1.165, 1.54) is 23.5 Å². The van der Waals surface area contributed by atoms with Crippen LogP contribution in [0.1, 0.15) is 29.6 Å². The largest absolute Gasteiger partial charge is 0.465 e. The van der Waals surface area contributed by atoms with Crippen molar-refractivity contribution in [1.82, 2.24) is 4.31 Å². The molecule has 0 bridgehead atoms. The summed E-state index contributed by atoms with van der Waals surface area (Å²) in [5.74, 6) is -0.688. The van der Waals surface area contributed by atoms with E-state index < -0.39 is 16.0 Å². The topological polar surface area (TPSA) is 83.9 Å². The second-order valence-corrected chi connectivity index (χ2v) is 6.77. The predicted molar refractivity (Wildman–Crippen MR) is 76.4 cm³/mol. The molecule has 0 aromatic heterocycles. The van der Waals surface area contributed by atoms with Crippen LogP contribution in [-0.4, -0.2) is 50.1 Å². The molecule has 0 unspecified atom stereocenters. The number of benzene rings is 1. The molecule has 0 amide bonds. The minimum atomic E-state index is -3.84. The van der Waals surface area contributed by atoms with E-state index in [1.54, 1.807) is 12.1 Å². The van der Waals surface area contributed by atoms with Crippen molar-refractivity contribution in [2.75, 3.05) is 20.3 Å². The molecule has 0 saturated heterocycles. The third kappa shape index (κ3) is 3.09. The molecule has 1 aliphatic rings. The van der Waals surface area contributed by atoms with Gasteiger partial charge < -0.3 is 9.84 Å². The minimum absolute atomic E-state index is 0.0160. The lowest BCUT2D eigenvalue weighted by Gasteiger charge is -2.36. The van der Waals surface area contributed by atoms with Crippen molar-refractivity contribution in [2.24, 2.45) is 0 Å². The first-order chi connectivity index (χ1) is 10.0. The van der Waals surface area contributed by atoms with Gasteiger partial charge in [0.25, 0.3) is 0 Å². The second-order valence-electron chi connectivity index (χ2n) is 4.91. The van der Waals surface area contributed by atoms with Crippen molar-refractivity contribution in [3.8, 4) is 0 Å². The maximum absolute atomic E-state index is 12.8. The van der Waals surface area contributed by atoms with Gasteiger partial charge in [-0.1, -0.05) is 18.6 Å². The number of aliphatic hydroxyl groups is 1. The summed E-state index contributed by atoms with van der Waals surface area (Å²) >= 11 is 0. The number of hydrogen-bond acceptors (Lipinski definition) is 5. The Kier molecular flexibility index (Phi) is 4.97. The van der Waals surface area contributed by atoms with Gasteiger partial charge in [0.2, 0.25) is 10.0 Å². The predicted octanol–water partition coefficient (Wildman–Crippen LogP) is 1.01. The second kappa shape index (κ2) is 6.55. The highest BCUT2D eigenvalue weighted by atomic mass is 32.2. The maximum atomic E-state index is 12.8. The summed E-state index contributed by atoms with van der Waals surface area (Å²) in [6.45, 7) is -0.224. The Morgan fingerprint density at radius 1 is 1.38 bits per heavy atom. The standard InChI is InChI=1S/C14H19NO5S/c1-20-14(17)12-7-2-3-8-13(12)21(18,19)15(9-10-16)11-5-4-6-11/h2-3,7-8,11,16H,4-6,9-10H2,1H3. The Labute approximate surface area is 124 Å². The molecule has 1 aromatic rings. The normalized spacial score (nSPS) is 15.8. The number of rotatable bonds is 6. The van der Waals surface area contributed by atoms with Crippen molar-refractivity contribution in [2.45, 2.75) is 30.2 Å². The van der Waals surface area contributed by atoms with Crippen molar-refractivity contribution in [3.63, 3.8) is 0 Å². The zero-order chi connectivity index (χ0) is 15.5. The maximum Gasteiger partial charge on any atom is 0.339 e. The Balaban J connectivity index is 2.44. The summed E-state index contributed by atoms with van der Waals surface area (Å²) in [5, 5.41) is 9.14. The van der Waals surface area contributed by atoms with E-state index >= 15 is 0 Å². The molecule has 21 heavy (non-hydrogen) atoms. The third-order valence-electron chi connectivity index (χ3n) is 3.68. The molecule has 2 rings (SSSR count). The van der Waals surface area contributed by atoms with Crippen molar-refractivity contribution >= 4 is 16.0 Å². The van der Waals surface area contributed by atoms with Crippen LogP contribution in [0.15, 0.2) is 29.2 Å². The van der Waals surface area contributed by atoms with Gasteiger partial charge >= 0.3 is 5.97 Å². The average Bonchev–Trinajstić information content (AvgIpc) is 2.44. The molecule has 0 spiro atoms. The van der Waals surface area contributed by atoms with E-state index in [0.717, 1.165) is 19.3 Å². The lowest BCUT2D eigenvalue weighted by Crippen LogP contribution is -2.45. The fourth-order valence-electron chi connectivity index (χ4n) is 2.37. The summed E-state index contributed by atoms with van der Waals surface area (Å²) in [6, 6.07) is 5.87. The number of nitrogens with zero attached hydrogens (tertiary/aromatic N) is 1. The molecule has 116 valence electrons. The van der Waals surface area contributed by atoms with Crippen LogP contribution in [0, 0.1) is 0 Å². The monoisotopic (exact) mass is 313 g/mol. The van der Waals surface area contributed by atoms with Crippen LogP contribution in [0.5, 0.6) is 0 Å². The fourth-order valence-corrected chi connectivity index (χ4v) is 4.23. The summed E-state index contributed by atoms with van der Waals surface area (Å²) in [5.41, 5.74) is 0.0160. The lowest BCUT2D eigenvalue weighted by atomic mass is 9.93. The molecule has 0 atom stereocenters. The number of sulfonamides is 1. The van der Waals surface area contributed by atoms with Gasteiger partial charge in [-0.05, 0) is 25.0 Å². The molecule has 1 saturated carbocycles. The van der Waals surface area contributed by atoms with Crippen molar-refractivity contribution < 1.29 is 23.1 Å². The van der Waals surface area contributed by atoms with E-state index in [4.69, 9.17) is 5.11 Å². The smallest absolute Gasteiger partial charge is 0.339 e. The van der Waals surface area contributed by atoms with Gasteiger partial charge in [0.1, 0.15) is 0 Å². The van der Waals surface area contributed by atoms with E-state index in [1.807, 2.05) is 0 Å². The van der Waals surface area contributed by atoms with Crippen LogP contribution in [-0.2, 0) is 14.8 Å². The third-order valence-corrected chi connectivity index (χ3v) is 5.69. The zero-order valence-corrected chi connectivity index (χ0v) is 12.7. The summed E-state index contributed by atoms with van der Waals surface area (Å²) < 4.78 is 31.5. The summed E-state index contributed by atoms with van der Waals surface area (Å²) in [7, 11) is -2.63. The molecule has 0 aliphatic heterocycles. The van der Waals surface area contributed by atoms with E-state index in [2.05, 4.69) is 4.74 Å². The van der Waals surface area contributed by atoms with Gasteiger partial charge in [0.15, 0.2) is 0 Å². The number of carbonyl (C=O) groups is 1. The van der Waals surface area contributed by atoms with Crippen LogP contribution in [0.25, 0.3) is 0 Å². The van der Waals surface area contributed by atoms with Gasteiger partial charge in [-0.2, -0.15) is 4.31 Å². The number of hydrogen-bond donors (Lipinski definition) is 1. The van der Waals surface area contributed by atoms with Crippen molar-refractivity contribution in [3.05, 3.63) is 29.8 Å². The Hall–Kier alpha value is -1.44. The van der Waals surface area contributed by atoms with Gasteiger partial charge in [-0.15, -0.1) is 0 Å². The first-order valence-corrected chi connectivity index (χ1v) is 8.26. The minimum Gasteiger partial charge on any atom is -0.465 e. The molecule has 6 nitrogen and oxygen atoms in total. The first-order valence-electron chi connectivity index (χ1n) is 6.82. The fraction of sp³-hybridized carbons (Fsp3) is 0.500. The number of esters is 1. The van der Waals surface area contributed by atoms with Crippen molar-refractivity contribution in [1.29, 1.82) is 0 Å². The van der Waals surface area contributed by atoms with Gasteiger partial charge in [-0.25, -0.2) is 13.2 Å². The quantitative estimate of drug-likeness (QED) is 0.792. The van der Waals surface area contributed by atoms with Gasteiger partial charge in [0.05, 0.1) is 24.2 Å². The molecule has 7 heteroatoms. The number of methoxy groups -OCH3 is 1. The van der Waals surface area contributed by atoms with Crippen LogP contribution in [0.4, 0.5) is 0 Å². The molecular formula is C14H19NO5S. The number of ether oxygens (including phenoxy) is 1. The van der Waals surface area contributed by atoms with E-state index in [-0.39, 0.29) is 29.7 Å². The van der Waals surface area contributed by atoms with Gasteiger partial charge in [0, 0.05) is 12.6 Å². The summed E-state index contributed by atoms with van der Waals surface area (Å²) in [6.07, 6.45) is 2.53. The SMILES string of the molecule is COC(=O)c1ccccc1S(=O)(=O)N(CCO)C1CCC1. The molecule has 1 aromatic carbocycles. The molecule has 1 fully saturated rings. The molecule has 1 N–H and O–H groups in total. The van der Waals surface area contributed by atoms with Crippen LogP contribution in [0.2, 0.25) is 0 Å². The Morgan fingerprint density at radius 2 is 2.05 bits per heavy atom. The highest BCUT2D eigenvalue weighted by Crippen LogP contribution is 2.31. The number of carbonyl (C=O) groups excluding carboxylic acids is 1. The lowest BCUT2D eigenvalue weighted by molar-refractivity contribution is 0.0596. The average molecular weight is 313 g/mol. The Morgan fingerprint density at radius 3 is 2.57 bits per heavy atom. The Bertz CT molecular complexity index is 610. The molecule has 0 radical (unpaired) electrons. The highest BCUT2D eigenvalue weighted by Gasteiger charge is 2.36. The van der Waals surface area contributed by atoms with Crippen LogP contribution >= 0.6 is 0 Å². The molecule has 1 aliphatic carbocycles. The number of aliphatic hydroxyl groups excluding tert-OH is 1. The highest BCUT2D eigenvalue weighted by molar-refractivity contribution is 7.89. The van der Waals surface area contributed by atoms with Crippen LogP contribution < -0.4 is 0 Å². The molecular weight excluding hydrogens is 294 g/mol.